The van der Waals surface area contributed by atoms with E-state index in [1.165, 1.54) is 5.57 Å². The molecule has 0 saturated carbocycles. The fourth-order valence-electron chi connectivity index (χ4n) is 1.68. The maximum absolute atomic E-state index is 9.67. The van der Waals surface area contributed by atoms with Gasteiger partial charge in [-0.1, -0.05) is 26.3 Å². The molecule has 2 atom stereocenters. The molecule has 1 unspecified atom stereocenters. The molecule has 3 N–H and O–H groups in total. The quantitative estimate of drug-likeness (QED) is 0.644. The molecule has 13 heavy (non-hydrogen) atoms. The molecule has 2 nitrogen and oxygen atoms in total. The molecule has 0 spiro atoms. The van der Waals surface area contributed by atoms with Gasteiger partial charge in [0, 0.05) is 0 Å². The van der Waals surface area contributed by atoms with Crippen LogP contribution in [0.4, 0.5) is 0 Å². The standard InChI is InChI=1S/C11H23NO/c1-5-10(8(3)7-12)9(4)11(13)6-2/h8,11,13H,5-7,12H2,1-4H3/b10-9+/t8-,11?/m1/s1. The van der Waals surface area contributed by atoms with Gasteiger partial charge < -0.3 is 10.8 Å². The zero-order valence-electron chi connectivity index (χ0n) is 9.30. The molecule has 0 amide bonds. The van der Waals surface area contributed by atoms with E-state index >= 15 is 0 Å². The Morgan fingerprint density at radius 2 is 1.92 bits per heavy atom. The number of aliphatic hydroxyl groups is 1. The summed E-state index contributed by atoms with van der Waals surface area (Å²) in [7, 11) is 0. The van der Waals surface area contributed by atoms with Crippen LogP contribution in [0.2, 0.25) is 0 Å². The highest BCUT2D eigenvalue weighted by Gasteiger charge is 2.12. The van der Waals surface area contributed by atoms with Crippen molar-refractivity contribution in [2.75, 3.05) is 6.54 Å². The largest absolute Gasteiger partial charge is 0.389 e. The molecule has 0 fully saturated rings. The first-order chi connectivity index (χ1) is 6.08. The van der Waals surface area contributed by atoms with E-state index in [-0.39, 0.29) is 6.10 Å². The highest BCUT2D eigenvalue weighted by atomic mass is 16.3. The minimum atomic E-state index is -0.288. The zero-order valence-corrected chi connectivity index (χ0v) is 9.30. The van der Waals surface area contributed by atoms with Crippen molar-refractivity contribution in [3.8, 4) is 0 Å². The first kappa shape index (κ1) is 12.7. The second-order valence-corrected chi connectivity index (χ2v) is 3.62. The predicted octanol–water partition coefficient (Wildman–Crippen LogP) is 2.08. The van der Waals surface area contributed by atoms with E-state index in [1.54, 1.807) is 0 Å². The fourth-order valence-corrected chi connectivity index (χ4v) is 1.68. The van der Waals surface area contributed by atoms with Crippen LogP contribution < -0.4 is 5.73 Å². The molecular weight excluding hydrogens is 162 g/mol. The van der Waals surface area contributed by atoms with Crippen molar-refractivity contribution in [1.29, 1.82) is 0 Å². The van der Waals surface area contributed by atoms with E-state index < -0.39 is 0 Å². The van der Waals surface area contributed by atoms with Crippen molar-refractivity contribution < 1.29 is 5.11 Å². The van der Waals surface area contributed by atoms with Crippen molar-refractivity contribution >= 4 is 0 Å². The van der Waals surface area contributed by atoms with Crippen molar-refractivity contribution in [1.82, 2.24) is 0 Å². The van der Waals surface area contributed by atoms with E-state index in [4.69, 9.17) is 5.73 Å². The van der Waals surface area contributed by atoms with Crippen molar-refractivity contribution in [2.45, 2.75) is 46.6 Å². The Hall–Kier alpha value is -0.340. The monoisotopic (exact) mass is 185 g/mol. The third kappa shape index (κ3) is 3.49. The van der Waals surface area contributed by atoms with Crippen LogP contribution in [0.3, 0.4) is 0 Å². The lowest BCUT2D eigenvalue weighted by Gasteiger charge is -2.19. The van der Waals surface area contributed by atoms with E-state index in [0.29, 0.717) is 12.5 Å². The first-order valence-corrected chi connectivity index (χ1v) is 5.16. The number of hydrogen-bond donors (Lipinski definition) is 2. The van der Waals surface area contributed by atoms with Gasteiger partial charge in [-0.2, -0.15) is 0 Å². The zero-order chi connectivity index (χ0) is 10.4. The van der Waals surface area contributed by atoms with Crippen LogP contribution in [0.25, 0.3) is 0 Å². The fraction of sp³-hybridized carbons (Fsp3) is 0.818. The van der Waals surface area contributed by atoms with E-state index in [2.05, 4.69) is 13.8 Å². The molecular formula is C11H23NO. The summed E-state index contributed by atoms with van der Waals surface area (Å²) in [6.45, 7) is 8.91. The van der Waals surface area contributed by atoms with Crippen LogP contribution in [-0.4, -0.2) is 17.8 Å². The van der Waals surface area contributed by atoms with Gasteiger partial charge in [0.1, 0.15) is 0 Å². The molecule has 0 radical (unpaired) electrons. The Morgan fingerprint density at radius 1 is 1.38 bits per heavy atom. The number of nitrogens with two attached hydrogens (primary N) is 1. The Morgan fingerprint density at radius 3 is 2.23 bits per heavy atom. The molecule has 0 aliphatic carbocycles. The van der Waals surface area contributed by atoms with Gasteiger partial charge in [-0.15, -0.1) is 0 Å². The Balaban J connectivity index is 4.67. The van der Waals surface area contributed by atoms with Crippen molar-refractivity contribution in [3.63, 3.8) is 0 Å². The van der Waals surface area contributed by atoms with E-state index in [0.717, 1.165) is 18.4 Å². The molecule has 0 saturated heterocycles. The van der Waals surface area contributed by atoms with Crippen LogP contribution in [0.15, 0.2) is 11.1 Å². The maximum Gasteiger partial charge on any atom is 0.0747 e. The molecule has 78 valence electrons. The van der Waals surface area contributed by atoms with Gasteiger partial charge in [-0.3, -0.25) is 0 Å². The van der Waals surface area contributed by atoms with Gasteiger partial charge in [-0.25, -0.2) is 0 Å². The molecule has 0 aliphatic heterocycles. The van der Waals surface area contributed by atoms with Gasteiger partial charge in [0.2, 0.25) is 0 Å². The van der Waals surface area contributed by atoms with Gasteiger partial charge in [0.25, 0.3) is 0 Å². The first-order valence-electron chi connectivity index (χ1n) is 5.16. The molecule has 0 aliphatic rings. The van der Waals surface area contributed by atoms with Crippen LogP contribution >= 0.6 is 0 Å². The normalized spacial score (nSPS) is 18.0. The van der Waals surface area contributed by atoms with Crippen LogP contribution in [-0.2, 0) is 0 Å². The molecule has 0 bridgehead atoms. The average molecular weight is 185 g/mol. The highest BCUT2D eigenvalue weighted by molar-refractivity contribution is 5.18. The Bertz CT molecular complexity index is 175. The maximum atomic E-state index is 9.67. The lowest BCUT2D eigenvalue weighted by Crippen LogP contribution is -2.18. The molecule has 0 aromatic rings. The summed E-state index contributed by atoms with van der Waals surface area (Å²) in [6, 6.07) is 0. The van der Waals surface area contributed by atoms with Crippen molar-refractivity contribution in [2.24, 2.45) is 11.7 Å². The van der Waals surface area contributed by atoms with E-state index in [9.17, 15) is 5.11 Å². The Labute approximate surface area is 81.8 Å². The summed E-state index contributed by atoms with van der Waals surface area (Å²) in [4.78, 5) is 0. The Kier molecular flexibility index (Phi) is 6.00. The van der Waals surface area contributed by atoms with Gasteiger partial charge in [0.05, 0.1) is 6.10 Å². The third-order valence-corrected chi connectivity index (χ3v) is 2.72. The second kappa shape index (κ2) is 6.17. The van der Waals surface area contributed by atoms with Gasteiger partial charge in [-0.05, 0) is 37.8 Å². The van der Waals surface area contributed by atoms with Crippen molar-refractivity contribution in [3.05, 3.63) is 11.1 Å². The van der Waals surface area contributed by atoms with Crippen LogP contribution in [0, 0.1) is 5.92 Å². The minimum absolute atomic E-state index is 0.288. The summed E-state index contributed by atoms with van der Waals surface area (Å²) in [5, 5.41) is 9.67. The van der Waals surface area contributed by atoms with Crippen LogP contribution in [0.1, 0.15) is 40.5 Å². The number of hydrogen-bond acceptors (Lipinski definition) is 2. The summed E-state index contributed by atoms with van der Waals surface area (Å²) in [6.07, 6.45) is 1.48. The SMILES string of the molecule is CC/C(=C(/C)C(O)CC)[C@H](C)CN. The summed E-state index contributed by atoms with van der Waals surface area (Å²) < 4.78 is 0. The smallest absolute Gasteiger partial charge is 0.0747 e. The summed E-state index contributed by atoms with van der Waals surface area (Å²) in [5.74, 6) is 0.395. The molecule has 0 aromatic carbocycles. The number of aliphatic hydroxyl groups excluding tert-OH is 1. The minimum Gasteiger partial charge on any atom is -0.389 e. The lowest BCUT2D eigenvalue weighted by atomic mass is 9.91. The molecule has 0 rings (SSSR count). The van der Waals surface area contributed by atoms with Crippen LogP contribution in [0.5, 0.6) is 0 Å². The summed E-state index contributed by atoms with van der Waals surface area (Å²) >= 11 is 0. The van der Waals surface area contributed by atoms with Gasteiger partial charge in [0.15, 0.2) is 0 Å². The molecule has 0 aromatic heterocycles. The second-order valence-electron chi connectivity index (χ2n) is 3.62. The molecule has 2 heteroatoms. The summed E-state index contributed by atoms with van der Waals surface area (Å²) in [5.41, 5.74) is 8.04. The predicted molar refractivity (Wildman–Crippen MR) is 57.5 cm³/mol. The molecule has 0 heterocycles. The lowest BCUT2D eigenvalue weighted by molar-refractivity contribution is 0.204. The number of rotatable bonds is 5. The average Bonchev–Trinajstić information content (AvgIpc) is 2.17. The van der Waals surface area contributed by atoms with Gasteiger partial charge >= 0.3 is 0 Å². The highest BCUT2D eigenvalue weighted by Crippen LogP contribution is 2.21. The van der Waals surface area contributed by atoms with E-state index in [1.807, 2.05) is 13.8 Å². The topological polar surface area (TPSA) is 46.2 Å². The third-order valence-electron chi connectivity index (χ3n) is 2.72.